The minimum atomic E-state index is -4.99. The first-order chi connectivity index (χ1) is 29.4. The summed E-state index contributed by atoms with van der Waals surface area (Å²) in [6.07, 6.45) is -5.00. The van der Waals surface area contributed by atoms with Gasteiger partial charge < -0.3 is 47.4 Å². The molecule has 15 heteroatoms. The van der Waals surface area contributed by atoms with Gasteiger partial charge in [0.25, 0.3) is 0 Å². The van der Waals surface area contributed by atoms with Crippen molar-refractivity contribution in [2.45, 2.75) is 95.2 Å². The van der Waals surface area contributed by atoms with E-state index in [1.54, 1.807) is 35.2 Å². The van der Waals surface area contributed by atoms with Crippen LogP contribution in [0.15, 0.2) is 103 Å². The molecule has 1 unspecified atom stereocenters. The van der Waals surface area contributed by atoms with Gasteiger partial charge in [-0.3, -0.25) is 4.55 Å². The zero-order chi connectivity index (χ0) is 43.0. The van der Waals surface area contributed by atoms with E-state index >= 15 is 0 Å². The van der Waals surface area contributed by atoms with Crippen molar-refractivity contribution in [2.75, 3.05) is 34.5 Å². The van der Waals surface area contributed by atoms with E-state index in [1.165, 1.54) is 0 Å². The molecule has 0 spiro atoms. The molecule has 4 aromatic rings. The zero-order valence-electron chi connectivity index (χ0n) is 35.1. The Labute approximate surface area is 358 Å². The van der Waals surface area contributed by atoms with Gasteiger partial charge in [-0.15, -0.1) is 0 Å². The molecule has 3 fully saturated rings. The normalized spacial score (nSPS) is 27.5. The van der Waals surface area contributed by atoms with E-state index in [-0.39, 0.29) is 38.1 Å². The molecular weight excluding hydrogens is 809 g/mol. The van der Waals surface area contributed by atoms with Crippen molar-refractivity contribution >= 4 is 10.4 Å². The van der Waals surface area contributed by atoms with Crippen LogP contribution in [0.1, 0.15) is 55.2 Å². The minimum absolute atomic E-state index is 0.102. The van der Waals surface area contributed by atoms with E-state index in [9.17, 15) is 13.0 Å². The van der Waals surface area contributed by atoms with E-state index in [0.29, 0.717) is 25.2 Å². The van der Waals surface area contributed by atoms with Gasteiger partial charge in [0.1, 0.15) is 35.6 Å². The van der Waals surface area contributed by atoms with Crippen molar-refractivity contribution < 1.29 is 64.5 Å². The van der Waals surface area contributed by atoms with Crippen LogP contribution in [0.25, 0.3) is 0 Å². The molecule has 330 valence electrons. The summed E-state index contributed by atoms with van der Waals surface area (Å²) in [5.74, 6) is 0.761. The molecule has 0 bridgehead atoms. The Bertz CT molecular complexity index is 2060. The van der Waals surface area contributed by atoms with E-state index < -0.39 is 59.1 Å². The lowest BCUT2D eigenvalue weighted by molar-refractivity contribution is -0.306. The van der Waals surface area contributed by atoms with Crippen molar-refractivity contribution in [1.82, 2.24) is 0 Å². The lowest BCUT2D eigenvalue weighted by atomic mass is 9.86. The molecule has 14 nitrogen and oxygen atoms in total. The summed E-state index contributed by atoms with van der Waals surface area (Å²) in [5, 5.41) is 0. The first-order valence-corrected chi connectivity index (χ1v) is 21.8. The van der Waals surface area contributed by atoms with Crippen molar-refractivity contribution in [1.29, 1.82) is 0 Å². The Morgan fingerprint density at radius 2 is 1.26 bits per heavy atom. The summed E-state index contributed by atoms with van der Waals surface area (Å²) < 4.78 is 102. The molecule has 0 amide bonds. The van der Waals surface area contributed by atoms with Crippen molar-refractivity contribution in [2.24, 2.45) is 11.8 Å². The van der Waals surface area contributed by atoms with Gasteiger partial charge in [0.2, 0.25) is 0 Å². The summed E-state index contributed by atoms with van der Waals surface area (Å²) in [6, 6.07) is 32.4. The number of methoxy groups -OCH3 is 3. The topological polar surface area (TPSA) is 156 Å². The zero-order valence-corrected chi connectivity index (χ0v) is 35.9. The van der Waals surface area contributed by atoms with Gasteiger partial charge in [-0.25, -0.2) is 4.18 Å². The summed E-state index contributed by atoms with van der Waals surface area (Å²) in [4.78, 5) is 0. The van der Waals surface area contributed by atoms with Crippen LogP contribution in [0.3, 0.4) is 0 Å². The quantitative estimate of drug-likeness (QED) is 0.0941. The maximum absolute atomic E-state index is 12.6. The fraction of sp³-hybridized carbons (Fsp3) is 0.478. The Balaban J connectivity index is 1.21. The molecule has 1 N–H and O–H groups in total. The number of benzene rings is 4. The fourth-order valence-electron chi connectivity index (χ4n) is 8.31. The minimum Gasteiger partial charge on any atom is -0.497 e. The highest BCUT2D eigenvalue weighted by molar-refractivity contribution is 7.80. The predicted octanol–water partition coefficient (Wildman–Crippen LogP) is 7.25. The Kier molecular flexibility index (Phi) is 15.0. The average Bonchev–Trinajstić information content (AvgIpc) is 3.80. The molecule has 1 saturated carbocycles. The highest BCUT2D eigenvalue weighted by atomic mass is 32.3. The molecule has 7 rings (SSSR count). The Morgan fingerprint density at radius 1 is 0.705 bits per heavy atom. The highest BCUT2D eigenvalue weighted by Gasteiger charge is 2.53. The van der Waals surface area contributed by atoms with Gasteiger partial charge >= 0.3 is 10.4 Å². The molecule has 1 aliphatic carbocycles. The second kappa shape index (κ2) is 20.4. The van der Waals surface area contributed by atoms with Gasteiger partial charge in [-0.05, 0) is 85.7 Å². The first-order valence-electron chi connectivity index (χ1n) is 20.4. The maximum Gasteiger partial charge on any atom is 0.397 e. The van der Waals surface area contributed by atoms with Gasteiger partial charge in [0.15, 0.2) is 12.1 Å². The van der Waals surface area contributed by atoms with Crippen LogP contribution in [0, 0.1) is 11.8 Å². The molecule has 2 saturated heterocycles. The molecule has 2 heterocycles. The average molecular weight is 865 g/mol. The second-order valence-corrected chi connectivity index (χ2v) is 17.0. The molecular formula is C46H56O14S. The van der Waals surface area contributed by atoms with Gasteiger partial charge in [0, 0.05) is 11.5 Å². The van der Waals surface area contributed by atoms with Gasteiger partial charge in [-0.1, -0.05) is 66.7 Å². The summed E-state index contributed by atoms with van der Waals surface area (Å²) >= 11 is 0. The molecule has 61 heavy (non-hydrogen) atoms. The van der Waals surface area contributed by atoms with Crippen molar-refractivity contribution in [3.63, 3.8) is 0 Å². The van der Waals surface area contributed by atoms with Crippen LogP contribution >= 0.6 is 0 Å². The van der Waals surface area contributed by atoms with Crippen LogP contribution in [0.5, 0.6) is 17.2 Å². The summed E-state index contributed by atoms with van der Waals surface area (Å²) in [7, 11) is -0.123. The largest absolute Gasteiger partial charge is 0.497 e. The van der Waals surface area contributed by atoms with Crippen molar-refractivity contribution in [3.8, 4) is 17.2 Å². The maximum atomic E-state index is 12.6. The number of hydrogen-bond acceptors (Lipinski definition) is 13. The van der Waals surface area contributed by atoms with E-state index in [4.69, 9.17) is 51.6 Å². The number of rotatable bonds is 19. The second-order valence-electron chi connectivity index (χ2n) is 16.0. The lowest BCUT2D eigenvalue weighted by Gasteiger charge is -2.44. The van der Waals surface area contributed by atoms with E-state index in [1.807, 2.05) is 103 Å². The SMILES string of the molecule is COc1ccc(COC[C@@H]2[C@@H](C[C@@H]3OC(c4ccccc4)O[C@H]([C@H]4COC(C)(C)O4)[C@@H]3OS(=O)(=O)O)C[C@H](OCc3ccc(OC)cc3)[C@H]2OCc2ccc(OC)cc2)cc1. The number of hydrogen-bond donors (Lipinski definition) is 1. The molecule has 3 aliphatic rings. The molecule has 9 atom stereocenters. The third kappa shape index (κ3) is 12.1. The summed E-state index contributed by atoms with van der Waals surface area (Å²) in [6.45, 7) is 4.83. The molecule has 4 aromatic carbocycles. The van der Waals surface area contributed by atoms with Crippen LogP contribution in [0.2, 0.25) is 0 Å². The first kappa shape index (κ1) is 44.9. The lowest BCUT2D eigenvalue weighted by Crippen LogP contribution is -2.55. The van der Waals surface area contributed by atoms with Crippen LogP contribution in [-0.4, -0.2) is 89.9 Å². The van der Waals surface area contributed by atoms with Crippen LogP contribution in [-0.2, 0) is 67.6 Å². The van der Waals surface area contributed by atoms with E-state index in [2.05, 4.69) is 0 Å². The Hall–Kier alpha value is -4.13. The number of ether oxygens (including phenoxy) is 10. The highest BCUT2D eigenvalue weighted by Crippen LogP contribution is 2.45. The van der Waals surface area contributed by atoms with Crippen LogP contribution < -0.4 is 14.2 Å². The standard InChI is InChI=1S/C46H56O14S/c1-46(2)56-29-41(59-46)43-44(60-61(47,48)49)40(57-45(58-43)33-9-7-6-8-10-33)24-34-23-39(54-26-31-13-19-36(51-4)20-14-31)42(55-27-32-15-21-37(52-5)22-16-32)38(34)28-53-25-30-11-17-35(50-3)18-12-30/h6-22,34,38-45H,23-29H2,1-5H3,(H,47,48,49)/t34-,38-,39+,40+,41-,42+,43-,44-,45?/m1/s1. The van der Waals surface area contributed by atoms with Gasteiger partial charge in [0.05, 0.1) is 72.7 Å². The molecule has 2 aliphatic heterocycles. The van der Waals surface area contributed by atoms with Crippen LogP contribution in [0.4, 0.5) is 0 Å². The smallest absolute Gasteiger partial charge is 0.397 e. The van der Waals surface area contributed by atoms with Crippen molar-refractivity contribution in [3.05, 3.63) is 125 Å². The predicted molar refractivity (Wildman–Crippen MR) is 222 cm³/mol. The fourth-order valence-corrected chi connectivity index (χ4v) is 8.82. The van der Waals surface area contributed by atoms with Gasteiger partial charge in [-0.2, -0.15) is 8.42 Å². The third-order valence-corrected chi connectivity index (χ3v) is 11.9. The Morgan fingerprint density at radius 3 is 1.79 bits per heavy atom. The summed E-state index contributed by atoms with van der Waals surface area (Å²) in [5.41, 5.74) is 3.58. The monoisotopic (exact) mass is 864 g/mol. The molecule has 0 radical (unpaired) electrons. The van der Waals surface area contributed by atoms with E-state index in [0.717, 1.165) is 33.9 Å². The molecule has 0 aromatic heterocycles. The third-order valence-electron chi connectivity index (χ3n) is 11.4.